The van der Waals surface area contributed by atoms with Gasteiger partial charge < -0.3 is 5.32 Å². The molecule has 2 saturated carbocycles. The summed E-state index contributed by atoms with van der Waals surface area (Å²) in [6.45, 7) is 2.30. The van der Waals surface area contributed by atoms with E-state index < -0.39 is 0 Å². The Bertz CT molecular complexity index is 410. The first kappa shape index (κ1) is 13.6. The molecule has 0 amide bonds. The van der Waals surface area contributed by atoms with Crippen molar-refractivity contribution in [1.82, 2.24) is 5.32 Å². The summed E-state index contributed by atoms with van der Waals surface area (Å²) in [6, 6.07) is 9.93. The zero-order chi connectivity index (χ0) is 13.2. The molecule has 2 heteroatoms. The lowest BCUT2D eigenvalue weighted by atomic mass is 9.82. The van der Waals surface area contributed by atoms with Gasteiger partial charge in [-0.3, -0.25) is 0 Å². The number of halogens is 1. The predicted molar refractivity (Wildman–Crippen MR) is 84.2 cm³/mol. The van der Waals surface area contributed by atoms with E-state index in [9.17, 15) is 0 Å². The molecule has 1 N–H and O–H groups in total. The third-order valence-electron chi connectivity index (χ3n) is 4.86. The Balaban J connectivity index is 1.56. The summed E-state index contributed by atoms with van der Waals surface area (Å²) in [7, 11) is 0. The summed E-state index contributed by atoms with van der Waals surface area (Å²) in [6.07, 6.45) is 8.68. The molecular formula is C17H24BrN. The second-order valence-corrected chi connectivity index (χ2v) is 7.32. The zero-order valence-electron chi connectivity index (χ0n) is 11.7. The molecule has 2 fully saturated rings. The van der Waals surface area contributed by atoms with Gasteiger partial charge in [-0.25, -0.2) is 0 Å². The van der Waals surface area contributed by atoms with Gasteiger partial charge >= 0.3 is 0 Å². The molecule has 1 aromatic carbocycles. The average Bonchev–Trinajstić information content (AvgIpc) is 3.24. The monoisotopic (exact) mass is 321 g/mol. The van der Waals surface area contributed by atoms with E-state index in [2.05, 4.69) is 52.4 Å². The molecule has 1 aromatic rings. The SMILES string of the molecule is C[C@@H](NC1CCCC(C2CC2)C1)c1ccc(Br)cc1. The molecule has 0 bridgehead atoms. The van der Waals surface area contributed by atoms with Crippen molar-refractivity contribution in [3.8, 4) is 0 Å². The van der Waals surface area contributed by atoms with Crippen molar-refractivity contribution in [2.45, 2.75) is 57.5 Å². The second-order valence-electron chi connectivity index (χ2n) is 6.40. The molecule has 0 aliphatic heterocycles. The fourth-order valence-electron chi connectivity index (χ4n) is 3.58. The highest BCUT2D eigenvalue weighted by molar-refractivity contribution is 9.10. The first-order chi connectivity index (χ1) is 9.22. The van der Waals surface area contributed by atoms with Crippen LogP contribution in [0.3, 0.4) is 0 Å². The van der Waals surface area contributed by atoms with Crippen molar-refractivity contribution in [2.75, 3.05) is 0 Å². The van der Waals surface area contributed by atoms with Crippen molar-refractivity contribution in [3.63, 3.8) is 0 Å². The van der Waals surface area contributed by atoms with E-state index in [1.165, 1.54) is 44.1 Å². The standard InChI is InChI=1S/C17H24BrN/c1-12(13-7-9-16(18)10-8-13)19-17-4-2-3-15(11-17)14-5-6-14/h7-10,12,14-15,17,19H,2-6,11H2,1H3/t12-,15?,17?/m1/s1. The molecular weight excluding hydrogens is 298 g/mol. The lowest BCUT2D eigenvalue weighted by Crippen LogP contribution is -2.36. The summed E-state index contributed by atoms with van der Waals surface area (Å²) in [4.78, 5) is 0. The molecule has 19 heavy (non-hydrogen) atoms. The smallest absolute Gasteiger partial charge is 0.0294 e. The van der Waals surface area contributed by atoms with Gasteiger partial charge in [0.2, 0.25) is 0 Å². The molecule has 3 rings (SSSR count). The Kier molecular flexibility index (Phi) is 4.28. The summed E-state index contributed by atoms with van der Waals surface area (Å²) in [5, 5.41) is 3.85. The van der Waals surface area contributed by atoms with Gasteiger partial charge in [-0.1, -0.05) is 40.9 Å². The van der Waals surface area contributed by atoms with Crippen LogP contribution < -0.4 is 5.32 Å². The third kappa shape index (κ3) is 3.61. The molecule has 2 unspecified atom stereocenters. The van der Waals surface area contributed by atoms with Crippen LogP contribution in [0.25, 0.3) is 0 Å². The van der Waals surface area contributed by atoms with Crippen LogP contribution in [0, 0.1) is 11.8 Å². The van der Waals surface area contributed by atoms with Crippen molar-refractivity contribution >= 4 is 15.9 Å². The maximum atomic E-state index is 3.85. The van der Waals surface area contributed by atoms with E-state index in [-0.39, 0.29) is 0 Å². The minimum atomic E-state index is 0.469. The maximum Gasteiger partial charge on any atom is 0.0294 e. The Morgan fingerprint density at radius 2 is 1.79 bits per heavy atom. The lowest BCUT2D eigenvalue weighted by Gasteiger charge is -2.32. The number of hydrogen-bond donors (Lipinski definition) is 1. The quantitative estimate of drug-likeness (QED) is 0.816. The molecule has 0 saturated heterocycles. The molecule has 2 aliphatic carbocycles. The van der Waals surface area contributed by atoms with Crippen LogP contribution in [-0.4, -0.2) is 6.04 Å². The molecule has 2 aliphatic rings. The number of benzene rings is 1. The Morgan fingerprint density at radius 1 is 1.05 bits per heavy atom. The van der Waals surface area contributed by atoms with Crippen molar-refractivity contribution < 1.29 is 0 Å². The minimum absolute atomic E-state index is 0.469. The summed E-state index contributed by atoms with van der Waals surface area (Å²) in [5.74, 6) is 2.09. The molecule has 3 atom stereocenters. The molecule has 104 valence electrons. The van der Waals surface area contributed by atoms with E-state index in [1.54, 1.807) is 0 Å². The number of hydrogen-bond acceptors (Lipinski definition) is 1. The Labute approximate surface area is 125 Å². The van der Waals surface area contributed by atoms with E-state index in [0.717, 1.165) is 22.4 Å². The van der Waals surface area contributed by atoms with Gasteiger partial charge in [-0.15, -0.1) is 0 Å². The summed E-state index contributed by atoms with van der Waals surface area (Å²) in [5.41, 5.74) is 1.40. The van der Waals surface area contributed by atoms with Gasteiger partial charge in [-0.2, -0.15) is 0 Å². The summed E-state index contributed by atoms with van der Waals surface area (Å²) < 4.78 is 1.16. The van der Waals surface area contributed by atoms with Crippen LogP contribution in [0.5, 0.6) is 0 Å². The fraction of sp³-hybridized carbons (Fsp3) is 0.647. The van der Waals surface area contributed by atoms with Gasteiger partial charge in [0.25, 0.3) is 0 Å². The fourth-order valence-corrected chi connectivity index (χ4v) is 3.84. The normalized spacial score (nSPS) is 29.2. The van der Waals surface area contributed by atoms with Gasteiger partial charge in [0.1, 0.15) is 0 Å². The highest BCUT2D eigenvalue weighted by Gasteiger charge is 2.34. The zero-order valence-corrected chi connectivity index (χ0v) is 13.3. The van der Waals surface area contributed by atoms with Gasteiger partial charge in [-0.05, 0) is 62.1 Å². The van der Waals surface area contributed by atoms with Gasteiger partial charge in [0.15, 0.2) is 0 Å². The van der Waals surface area contributed by atoms with Crippen LogP contribution in [-0.2, 0) is 0 Å². The van der Waals surface area contributed by atoms with E-state index in [1.807, 2.05) is 0 Å². The molecule has 0 radical (unpaired) electrons. The third-order valence-corrected chi connectivity index (χ3v) is 5.39. The van der Waals surface area contributed by atoms with Crippen LogP contribution in [0.1, 0.15) is 57.1 Å². The number of nitrogens with one attached hydrogen (secondary N) is 1. The van der Waals surface area contributed by atoms with Crippen molar-refractivity contribution in [3.05, 3.63) is 34.3 Å². The second kappa shape index (κ2) is 5.97. The first-order valence-electron chi connectivity index (χ1n) is 7.74. The predicted octanol–water partition coefficient (Wildman–Crippen LogP) is 5.07. The van der Waals surface area contributed by atoms with Crippen molar-refractivity contribution in [2.24, 2.45) is 11.8 Å². The highest BCUT2D eigenvalue weighted by Crippen LogP contribution is 2.44. The van der Waals surface area contributed by atoms with E-state index in [4.69, 9.17) is 0 Å². The van der Waals surface area contributed by atoms with E-state index >= 15 is 0 Å². The highest BCUT2D eigenvalue weighted by atomic mass is 79.9. The minimum Gasteiger partial charge on any atom is -0.307 e. The average molecular weight is 322 g/mol. The largest absolute Gasteiger partial charge is 0.307 e. The van der Waals surface area contributed by atoms with Gasteiger partial charge in [0, 0.05) is 16.6 Å². The molecule has 0 spiro atoms. The molecule has 1 nitrogen and oxygen atoms in total. The lowest BCUT2D eigenvalue weighted by molar-refractivity contribution is 0.249. The van der Waals surface area contributed by atoms with Crippen LogP contribution in [0.4, 0.5) is 0 Å². The van der Waals surface area contributed by atoms with Crippen LogP contribution in [0.15, 0.2) is 28.7 Å². The molecule has 0 aromatic heterocycles. The Hall–Kier alpha value is -0.340. The topological polar surface area (TPSA) is 12.0 Å². The van der Waals surface area contributed by atoms with Crippen LogP contribution >= 0.6 is 15.9 Å². The first-order valence-corrected chi connectivity index (χ1v) is 8.53. The molecule has 0 heterocycles. The number of rotatable bonds is 4. The van der Waals surface area contributed by atoms with Crippen molar-refractivity contribution in [1.29, 1.82) is 0 Å². The Morgan fingerprint density at radius 3 is 2.47 bits per heavy atom. The van der Waals surface area contributed by atoms with Gasteiger partial charge in [0.05, 0.1) is 0 Å². The summed E-state index contributed by atoms with van der Waals surface area (Å²) >= 11 is 3.50. The van der Waals surface area contributed by atoms with Crippen LogP contribution in [0.2, 0.25) is 0 Å². The van der Waals surface area contributed by atoms with E-state index in [0.29, 0.717) is 6.04 Å². The maximum absolute atomic E-state index is 3.85.